The van der Waals surface area contributed by atoms with Crippen LogP contribution in [0.25, 0.3) is 0 Å². The van der Waals surface area contributed by atoms with Crippen LogP contribution in [0.5, 0.6) is 0 Å². The van der Waals surface area contributed by atoms with Gasteiger partial charge in [0, 0.05) is 0 Å². The van der Waals surface area contributed by atoms with Crippen molar-refractivity contribution in [3.8, 4) is 0 Å². The van der Waals surface area contributed by atoms with E-state index in [1.54, 1.807) is 6.92 Å². The second kappa shape index (κ2) is 6.33. The molecule has 0 saturated heterocycles. The van der Waals surface area contributed by atoms with Crippen LogP contribution in [-0.2, 0) is 9.59 Å². The van der Waals surface area contributed by atoms with Crippen molar-refractivity contribution in [3.63, 3.8) is 0 Å². The van der Waals surface area contributed by atoms with Crippen molar-refractivity contribution in [2.24, 2.45) is 11.7 Å². The Morgan fingerprint density at radius 1 is 1.22 bits per heavy atom. The Kier molecular flexibility index (Phi) is 6.02. The topological polar surface area (TPSA) is 83.6 Å². The minimum atomic E-state index is -2.07. The fraction of sp³-hybridized carbons (Fsp3) is 0.833. The summed E-state index contributed by atoms with van der Waals surface area (Å²) in [4.78, 5) is 23.5. The highest BCUT2D eigenvalue weighted by Gasteiger charge is 2.37. The van der Waals surface area contributed by atoms with Crippen LogP contribution in [0.3, 0.4) is 0 Å². The number of carbonyl (C=O) groups excluding carboxylic acids is 1. The van der Waals surface area contributed by atoms with E-state index in [0.717, 1.165) is 0 Å². The van der Waals surface area contributed by atoms with Gasteiger partial charge in [0.25, 0.3) is 0 Å². The fourth-order valence-corrected chi connectivity index (χ4v) is 4.10. The van der Waals surface area contributed by atoms with Gasteiger partial charge < -0.3 is 15.4 Å². The summed E-state index contributed by atoms with van der Waals surface area (Å²) in [6.07, 6.45) is 0.576. The number of hydrogen-bond acceptors (Lipinski definition) is 3. The summed E-state index contributed by atoms with van der Waals surface area (Å²) in [5.74, 6) is -0.909. The van der Waals surface area contributed by atoms with Gasteiger partial charge in [0.15, 0.2) is 8.24 Å². The van der Waals surface area contributed by atoms with E-state index < -0.39 is 26.3 Å². The summed E-state index contributed by atoms with van der Waals surface area (Å²) < 4.78 is 1.50. The molecule has 0 saturated carbocycles. The quantitative estimate of drug-likeness (QED) is 0.719. The van der Waals surface area contributed by atoms with Crippen LogP contribution in [0.1, 0.15) is 27.2 Å². The van der Waals surface area contributed by atoms with Crippen LogP contribution in [-0.4, -0.2) is 41.9 Å². The molecule has 3 N–H and O–H groups in total. The van der Waals surface area contributed by atoms with E-state index in [9.17, 15) is 9.59 Å². The summed E-state index contributed by atoms with van der Waals surface area (Å²) in [6, 6.07) is -1.43. The van der Waals surface area contributed by atoms with E-state index >= 15 is 0 Å². The van der Waals surface area contributed by atoms with Gasteiger partial charge in [0.2, 0.25) is 5.91 Å². The first kappa shape index (κ1) is 17.1. The molecule has 106 valence electrons. The second-order valence-electron chi connectivity index (χ2n) is 6.13. The molecule has 0 aliphatic carbocycles. The normalized spacial score (nSPS) is 15.3. The lowest BCUT2D eigenvalue weighted by Crippen LogP contribution is -2.60. The zero-order valence-electron chi connectivity index (χ0n) is 12.2. The van der Waals surface area contributed by atoms with Crippen LogP contribution < -0.4 is 5.73 Å². The SMILES string of the molecule is CC(C)C[C@H](N)C(=O)N([C@@H](C)C(=O)O)[Si](C)(C)C. The van der Waals surface area contributed by atoms with Crippen molar-refractivity contribution in [1.29, 1.82) is 0 Å². The van der Waals surface area contributed by atoms with E-state index in [1.165, 1.54) is 4.57 Å². The molecule has 0 heterocycles. The van der Waals surface area contributed by atoms with Crippen molar-refractivity contribution in [3.05, 3.63) is 0 Å². The van der Waals surface area contributed by atoms with Gasteiger partial charge in [-0.25, -0.2) is 0 Å². The number of nitrogens with two attached hydrogens (primary N) is 1. The number of aliphatic carboxylic acids is 1. The highest BCUT2D eigenvalue weighted by atomic mass is 28.3. The molecule has 0 fully saturated rings. The first-order valence-electron chi connectivity index (χ1n) is 6.30. The number of carboxylic acids is 1. The largest absolute Gasteiger partial charge is 0.480 e. The van der Waals surface area contributed by atoms with E-state index in [1.807, 2.05) is 33.5 Å². The smallest absolute Gasteiger partial charge is 0.325 e. The van der Waals surface area contributed by atoms with Crippen molar-refractivity contribution in [1.82, 2.24) is 4.57 Å². The Morgan fingerprint density at radius 2 is 1.67 bits per heavy atom. The molecular formula is C12H26N2O3Si. The number of carbonyl (C=O) groups is 2. The third-order valence-electron chi connectivity index (χ3n) is 2.75. The molecule has 0 bridgehead atoms. The molecule has 2 atom stereocenters. The van der Waals surface area contributed by atoms with Gasteiger partial charge in [0.1, 0.15) is 6.04 Å². The molecule has 0 aliphatic rings. The van der Waals surface area contributed by atoms with Gasteiger partial charge in [-0.15, -0.1) is 0 Å². The number of carboxylic acid groups (broad SMARTS) is 1. The van der Waals surface area contributed by atoms with Gasteiger partial charge in [-0.3, -0.25) is 9.59 Å². The average Bonchev–Trinajstić information content (AvgIpc) is 2.13. The Bertz CT molecular complexity index is 313. The number of nitrogens with zero attached hydrogens (tertiary/aromatic N) is 1. The molecule has 0 spiro atoms. The van der Waals surface area contributed by atoms with Gasteiger partial charge >= 0.3 is 5.97 Å². The van der Waals surface area contributed by atoms with Crippen molar-refractivity contribution < 1.29 is 14.7 Å². The van der Waals surface area contributed by atoms with Crippen LogP contribution in [0.2, 0.25) is 19.6 Å². The standard InChI is InChI=1S/C12H26N2O3Si/c1-8(2)7-10(13)11(15)14(18(4,5)6)9(3)12(16)17/h8-10H,7,13H2,1-6H3,(H,16,17)/t9-,10-/m0/s1. The maximum Gasteiger partial charge on any atom is 0.325 e. The molecule has 0 aliphatic heterocycles. The lowest BCUT2D eigenvalue weighted by molar-refractivity contribution is -0.146. The third-order valence-corrected chi connectivity index (χ3v) is 4.80. The molecule has 0 aromatic heterocycles. The van der Waals surface area contributed by atoms with Crippen molar-refractivity contribution in [2.45, 2.75) is 58.9 Å². The van der Waals surface area contributed by atoms with E-state index in [-0.39, 0.29) is 5.91 Å². The number of hydrogen-bond donors (Lipinski definition) is 2. The minimum Gasteiger partial charge on any atom is -0.480 e. The molecule has 0 aromatic rings. The van der Waals surface area contributed by atoms with Gasteiger partial charge in [-0.1, -0.05) is 33.5 Å². The zero-order valence-corrected chi connectivity index (χ0v) is 13.2. The molecule has 1 amide bonds. The molecule has 0 aromatic carbocycles. The Hall–Kier alpha value is -0.883. The Labute approximate surface area is 110 Å². The summed E-state index contributed by atoms with van der Waals surface area (Å²) in [5, 5.41) is 9.12. The highest BCUT2D eigenvalue weighted by molar-refractivity contribution is 6.75. The molecular weight excluding hydrogens is 248 g/mol. The van der Waals surface area contributed by atoms with E-state index in [4.69, 9.17) is 10.8 Å². The summed E-state index contributed by atoms with van der Waals surface area (Å²) >= 11 is 0. The summed E-state index contributed by atoms with van der Waals surface area (Å²) in [5.41, 5.74) is 5.89. The zero-order chi connectivity index (χ0) is 14.7. The molecule has 0 rings (SSSR count). The van der Waals surface area contributed by atoms with E-state index in [0.29, 0.717) is 12.3 Å². The van der Waals surface area contributed by atoms with Crippen LogP contribution in [0.15, 0.2) is 0 Å². The monoisotopic (exact) mass is 274 g/mol. The Balaban J connectivity index is 5.10. The van der Waals surface area contributed by atoms with Crippen molar-refractivity contribution >= 4 is 20.1 Å². The highest BCUT2D eigenvalue weighted by Crippen LogP contribution is 2.17. The minimum absolute atomic E-state index is 0.238. The molecule has 0 radical (unpaired) electrons. The van der Waals surface area contributed by atoms with Gasteiger partial charge in [-0.2, -0.15) is 0 Å². The lowest BCUT2D eigenvalue weighted by atomic mass is 10.0. The maximum atomic E-state index is 12.3. The Morgan fingerprint density at radius 3 is 1.94 bits per heavy atom. The molecule has 0 unspecified atom stereocenters. The number of rotatable bonds is 6. The number of amides is 1. The van der Waals surface area contributed by atoms with Crippen LogP contribution in [0.4, 0.5) is 0 Å². The average molecular weight is 274 g/mol. The predicted molar refractivity (Wildman–Crippen MR) is 74.7 cm³/mol. The van der Waals surface area contributed by atoms with Crippen LogP contribution in [0, 0.1) is 5.92 Å². The van der Waals surface area contributed by atoms with Gasteiger partial charge in [-0.05, 0) is 19.3 Å². The van der Waals surface area contributed by atoms with Gasteiger partial charge in [0.05, 0.1) is 6.04 Å². The molecule has 5 nitrogen and oxygen atoms in total. The van der Waals surface area contributed by atoms with E-state index in [2.05, 4.69) is 0 Å². The predicted octanol–water partition coefficient (Wildman–Crippen LogP) is 1.50. The maximum absolute atomic E-state index is 12.3. The lowest BCUT2D eigenvalue weighted by Gasteiger charge is -2.39. The first-order chi connectivity index (χ1) is 7.98. The van der Waals surface area contributed by atoms with Crippen LogP contribution >= 0.6 is 0 Å². The summed E-state index contributed by atoms with van der Waals surface area (Å²) in [6.45, 7) is 11.4. The van der Waals surface area contributed by atoms with Crippen molar-refractivity contribution in [2.75, 3.05) is 0 Å². The summed E-state index contributed by atoms with van der Waals surface area (Å²) in [7, 11) is -2.07. The fourth-order valence-electron chi connectivity index (χ4n) is 2.00. The first-order valence-corrected chi connectivity index (χ1v) is 9.74. The molecule has 6 heteroatoms. The third kappa shape index (κ3) is 4.78. The second-order valence-corrected chi connectivity index (χ2v) is 11.0. The molecule has 18 heavy (non-hydrogen) atoms.